The molecule has 1 N–H and O–H groups in total. The Kier molecular flexibility index (Phi) is 3.82. The van der Waals surface area contributed by atoms with Crippen LogP contribution in [-0.2, 0) is 12.8 Å². The fraction of sp³-hybridized carbons (Fsp3) is 0.471. The Morgan fingerprint density at radius 3 is 2.04 bits per heavy atom. The predicted octanol–water partition coefficient (Wildman–Crippen LogP) is 3.77. The summed E-state index contributed by atoms with van der Waals surface area (Å²) in [5.74, 6) is -8.73. The lowest BCUT2D eigenvalue weighted by Gasteiger charge is -2.10. The third kappa shape index (κ3) is 2.38. The molecular formula is C17H14F5NO2. The van der Waals surface area contributed by atoms with Crippen LogP contribution in [0.4, 0.5) is 22.0 Å². The summed E-state index contributed by atoms with van der Waals surface area (Å²) in [6.07, 6.45) is 2.18. The van der Waals surface area contributed by atoms with Gasteiger partial charge >= 0.3 is 0 Å². The third-order valence-electron chi connectivity index (χ3n) is 5.47. The van der Waals surface area contributed by atoms with Crippen LogP contribution in [-0.4, -0.2) is 16.9 Å². The zero-order valence-corrected chi connectivity index (χ0v) is 13.0. The molecule has 0 unspecified atom stereocenters. The fourth-order valence-corrected chi connectivity index (χ4v) is 4.07. The smallest absolute Gasteiger partial charge is 0.200 e. The lowest BCUT2D eigenvalue weighted by Crippen LogP contribution is -2.06. The molecule has 1 aromatic heterocycles. The Hall–Kier alpha value is -1.96. The molecule has 0 aliphatic heterocycles. The van der Waals surface area contributed by atoms with Gasteiger partial charge in [-0.15, -0.1) is 0 Å². The minimum atomic E-state index is -2.20. The Balaban J connectivity index is 1.78. The molecule has 25 heavy (non-hydrogen) atoms. The van der Waals surface area contributed by atoms with E-state index in [2.05, 4.69) is 5.16 Å². The molecule has 4 rings (SSSR count). The highest BCUT2D eigenvalue weighted by Crippen LogP contribution is 2.53. The van der Waals surface area contributed by atoms with Gasteiger partial charge in [-0.2, -0.15) is 0 Å². The van der Waals surface area contributed by atoms with Gasteiger partial charge in [-0.25, -0.2) is 22.0 Å². The van der Waals surface area contributed by atoms with Crippen LogP contribution in [0, 0.1) is 46.8 Å². The monoisotopic (exact) mass is 359 g/mol. The third-order valence-corrected chi connectivity index (χ3v) is 5.47. The number of benzene rings is 1. The molecule has 3 atom stereocenters. The molecule has 1 heterocycles. The summed E-state index contributed by atoms with van der Waals surface area (Å²) in [5, 5.41) is 12.9. The van der Waals surface area contributed by atoms with E-state index in [1.165, 1.54) is 0 Å². The topological polar surface area (TPSA) is 46.3 Å². The summed E-state index contributed by atoms with van der Waals surface area (Å²) in [6.45, 7) is 0.0828. The van der Waals surface area contributed by atoms with Crippen molar-refractivity contribution in [1.29, 1.82) is 0 Å². The molecule has 2 aromatic rings. The molecule has 0 bridgehead atoms. The van der Waals surface area contributed by atoms with Gasteiger partial charge in [0.05, 0.1) is 5.56 Å². The minimum Gasteiger partial charge on any atom is -0.396 e. The fourth-order valence-electron chi connectivity index (χ4n) is 4.07. The summed E-state index contributed by atoms with van der Waals surface area (Å²) in [4.78, 5) is 0. The number of aliphatic hydroxyl groups is 1. The van der Waals surface area contributed by atoms with Crippen molar-refractivity contribution in [2.24, 2.45) is 17.8 Å². The second-order valence-corrected chi connectivity index (χ2v) is 6.63. The number of aryl methyl sites for hydroxylation is 1. The summed E-state index contributed by atoms with van der Waals surface area (Å²) < 4.78 is 73.5. The number of aliphatic hydroxyl groups excluding tert-OH is 1. The van der Waals surface area contributed by atoms with Gasteiger partial charge in [0.25, 0.3) is 0 Å². The van der Waals surface area contributed by atoms with Gasteiger partial charge in [0.15, 0.2) is 23.3 Å². The quantitative estimate of drug-likeness (QED) is 0.504. The van der Waals surface area contributed by atoms with E-state index in [9.17, 15) is 27.1 Å². The molecule has 1 fully saturated rings. The maximum absolute atomic E-state index is 14.1. The van der Waals surface area contributed by atoms with Crippen LogP contribution in [0.5, 0.6) is 0 Å². The maximum Gasteiger partial charge on any atom is 0.200 e. The van der Waals surface area contributed by atoms with Crippen LogP contribution in [0.15, 0.2) is 4.52 Å². The molecule has 1 aromatic carbocycles. The van der Waals surface area contributed by atoms with Crippen LogP contribution in [0.1, 0.15) is 24.2 Å². The Morgan fingerprint density at radius 2 is 1.44 bits per heavy atom. The standard InChI is InChI=1S/C17H14F5NO2/c18-12-11(13(19)15(21)16(22)14(12)20)17-8-2-1-6-7(9(6)5-24)3-4-10(8)25-23-17/h6-7,9,24H,1-5H2/t6-,7+,9-/m0/s1. The second-order valence-electron chi connectivity index (χ2n) is 6.63. The predicted molar refractivity (Wildman–Crippen MR) is 75.9 cm³/mol. The zero-order valence-electron chi connectivity index (χ0n) is 13.0. The number of hydrogen-bond donors (Lipinski definition) is 1. The average molecular weight is 359 g/mol. The lowest BCUT2D eigenvalue weighted by molar-refractivity contribution is 0.261. The molecule has 3 nitrogen and oxygen atoms in total. The normalized spacial score (nSPS) is 25.1. The number of aromatic nitrogens is 1. The maximum atomic E-state index is 14.1. The first kappa shape index (κ1) is 16.5. The Morgan fingerprint density at radius 1 is 0.880 bits per heavy atom. The first-order valence-electron chi connectivity index (χ1n) is 8.05. The second kappa shape index (κ2) is 5.79. The SMILES string of the molecule is OC[C@H]1[C@H]2CCc3c(-c4c(F)c(F)c(F)c(F)c4F)noc3CC[C@@H]12. The number of nitrogens with zero attached hydrogens (tertiary/aromatic N) is 1. The molecule has 1 saturated carbocycles. The van der Waals surface area contributed by atoms with Crippen LogP contribution in [0.2, 0.25) is 0 Å². The van der Waals surface area contributed by atoms with E-state index < -0.39 is 34.6 Å². The van der Waals surface area contributed by atoms with E-state index in [4.69, 9.17) is 4.52 Å². The molecule has 0 saturated heterocycles. The van der Waals surface area contributed by atoms with Crippen LogP contribution >= 0.6 is 0 Å². The zero-order chi connectivity index (χ0) is 17.9. The highest BCUT2D eigenvalue weighted by Gasteiger charge is 2.49. The molecule has 0 amide bonds. The van der Waals surface area contributed by atoms with Crippen LogP contribution < -0.4 is 0 Å². The molecule has 134 valence electrons. The van der Waals surface area contributed by atoms with Crippen LogP contribution in [0.3, 0.4) is 0 Å². The van der Waals surface area contributed by atoms with Crippen molar-refractivity contribution in [1.82, 2.24) is 5.16 Å². The average Bonchev–Trinajstić information content (AvgIpc) is 3.12. The molecule has 0 spiro atoms. The van der Waals surface area contributed by atoms with Crippen LogP contribution in [0.25, 0.3) is 11.3 Å². The van der Waals surface area contributed by atoms with Gasteiger partial charge in [0, 0.05) is 18.6 Å². The summed E-state index contributed by atoms with van der Waals surface area (Å²) in [5.41, 5.74) is -0.999. The number of halogens is 5. The minimum absolute atomic E-state index is 0.0828. The van der Waals surface area contributed by atoms with E-state index in [-0.39, 0.29) is 18.2 Å². The highest BCUT2D eigenvalue weighted by atomic mass is 19.2. The molecular weight excluding hydrogens is 345 g/mol. The first-order valence-corrected chi connectivity index (χ1v) is 8.05. The highest BCUT2D eigenvalue weighted by molar-refractivity contribution is 5.65. The first-order chi connectivity index (χ1) is 12.0. The van der Waals surface area contributed by atoms with E-state index in [0.29, 0.717) is 42.4 Å². The summed E-state index contributed by atoms with van der Waals surface area (Å²) in [7, 11) is 0. The van der Waals surface area contributed by atoms with Crippen molar-refractivity contribution >= 4 is 0 Å². The van der Waals surface area contributed by atoms with Gasteiger partial charge in [-0.05, 0) is 37.0 Å². The van der Waals surface area contributed by atoms with Gasteiger partial charge in [0.1, 0.15) is 11.5 Å². The van der Waals surface area contributed by atoms with Gasteiger partial charge < -0.3 is 9.63 Å². The van der Waals surface area contributed by atoms with Crippen molar-refractivity contribution in [3.8, 4) is 11.3 Å². The van der Waals surface area contributed by atoms with E-state index in [1.807, 2.05) is 0 Å². The van der Waals surface area contributed by atoms with Gasteiger partial charge in [-0.1, -0.05) is 5.16 Å². The summed E-state index contributed by atoms with van der Waals surface area (Å²) in [6, 6.07) is 0. The van der Waals surface area contributed by atoms with Crippen molar-refractivity contribution in [2.45, 2.75) is 25.7 Å². The van der Waals surface area contributed by atoms with E-state index >= 15 is 0 Å². The van der Waals surface area contributed by atoms with E-state index in [0.717, 1.165) is 6.42 Å². The van der Waals surface area contributed by atoms with Crippen molar-refractivity contribution < 1.29 is 31.6 Å². The largest absolute Gasteiger partial charge is 0.396 e. The van der Waals surface area contributed by atoms with Crippen molar-refractivity contribution in [3.63, 3.8) is 0 Å². The van der Waals surface area contributed by atoms with Gasteiger partial charge in [0.2, 0.25) is 5.82 Å². The molecule has 0 radical (unpaired) electrons. The number of rotatable bonds is 2. The molecule has 2 aliphatic rings. The van der Waals surface area contributed by atoms with Crippen molar-refractivity contribution in [2.75, 3.05) is 6.61 Å². The summed E-state index contributed by atoms with van der Waals surface area (Å²) >= 11 is 0. The molecule has 8 heteroatoms. The Bertz CT molecular complexity index is 821. The van der Waals surface area contributed by atoms with E-state index in [1.54, 1.807) is 0 Å². The number of fused-ring (bicyclic) bond motifs is 2. The number of hydrogen-bond acceptors (Lipinski definition) is 3. The van der Waals surface area contributed by atoms with Crippen molar-refractivity contribution in [3.05, 3.63) is 40.4 Å². The Labute approximate surface area is 139 Å². The molecule has 2 aliphatic carbocycles. The lowest BCUT2D eigenvalue weighted by atomic mass is 9.94. The van der Waals surface area contributed by atoms with Gasteiger partial charge in [-0.3, -0.25) is 0 Å².